The SMILES string of the molecule is CCNC(C)S(=O)(=O)CCO. The van der Waals surface area contributed by atoms with Crippen LogP contribution >= 0.6 is 0 Å². The van der Waals surface area contributed by atoms with Crippen LogP contribution in [0.25, 0.3) is 0 Å². The Balaban J connectivity index is 4.07. The van der Waals surface area contributed by atoms with E-state index >= 15 is 0 Å². The summed E-state index contributed by atoms with van der Waals surface area (Å²) in [4.78, 5) is 0. The molecule has 0 saturated carbocycles. The molecule has 0 aromatic heterocycles. The smallest absolute Gasteiger partial charge is 0.168 e. The van der Waals surface area contributed by atoms with E-state index in [1.165, 1.54) is 0 Å². The number of nitrogens with one attached hydrogen (secondary N) is 1. The van der Waals surface area contributed by atoms with Crippen LogP contribution in [0.4, 0.5) is 0 Å². The Bertz CT molecular complexity index is 188. The van der Waals surface area contributed by atoms with Gasteiger partial charge in [-0.3, -0.25) is 0 Å². The first-order valence-electron chi connectivity index (χ1n) is 3.60. The normalized spacial score (nSPS) is 14.8. The molecule has 2 N–H and O–H groups in total. The first kappa shape index (κ1) is 10.9. The number of sulfone groups is 1. The van der Waals surface area contributed by atoms with Gasteiger partial charge in [0.1, 0.15) is 5.37 Å². The van der Waals surface area contributed by atoms with E-state index < -0.39 is 15.2 Å². The number of aliphatic hydroxyl groups is 1. The van der Waals surface area contributed by atoms with Gasteiger partial charge in [-0.15, -0.1) is 0 Å². The predicted molar refractivity (Wildman–Crippen MR) is 44.0 cm³/mol. The van der Waals surface area contributed by atoms with Gasteiger partial charge in [-0.25, -0.2) is 8.42 Å². The summed E-state index contributed by atoms with van der Waals surface area (Å²) in [6.45, 7) is 3.73. The molecule has 0 amide bonds. The maximum Gasteiger partial charge on any atom is 0.168 e. The van der Waals surface area contributed by atoms with Crippen molar-refractivity contribution in [2.75, 3.05) is 18.9 Å². The molecule has 11 heavy (non-hydrogen) atoms. The molecule has 0 bridgehead atoms. The second-order valence-corrected chi connectivity index (χ2v) is 4.73. The third kappa shape index (κ3) is 3.69. The lowest BCUT2D eigenvalue weighted by atomic mass is 10.7. The molecular formula is C6H15NO3S. The fourth-order valence-electron chi connectivity index (χ4n) is 0.718. The second-order valence-electron chi connectivity index (χ2n) is 2.29. The highest BCUT2D eigenvalue weighted by atomic mass is 32.2. The lowest BCUT2D eigenvalue weighted by molar-refractivity contribution is 0.319. The van der Waals surface area contributed by atoms with Crippen LogP contribution in [0.15, 0.2) is 0 Å². The molecule has 0 aliphatic carbocycles. The molecule has 4 nitrogen and oxygen atoms in total. The standard InChI is InChI=1S/C6H15NO3S/c1-3-7-6(2)11(9,10)5-4-8/h6-8H,3-5H2,1-2H3. The first-order chi connectivity index (χ1) is 5.04. The number of aliphatic hydroxyl groups excluding tert-OH is 1. The van der Waals surface area contributed by atoms with E-state index in [0.29, 0.717) is 6.54 Å². The molecule has 68 valence electrons. The van der Waals surface area contributed by atoms with Crippen molar-refractivity contribution in [1.82, 2.24) is 5.32 Å². The van der Waals surface area contributed by atoms with Crippen LogP contribution in [0.1, 0.15) is 13.8 Å². The Kier molecular flexibility index (Phi) is 4.63. The fraction of sp³-hybridized carbons (Fsp3) is 1.00. The summed E-state index contributed by atoms with van der Waals surface area (Å²) in [5.74, 6) is -0.166. The molecule has 0 rings (SSSR count). The topological polar surface area (TPSA) is 66.4 Å². The molecule has 0 saturated heterocycles. The maximum absolute atomic E-state index is 11.1. The van der Waals surface area contributed by atoms with Crippen molar-refractivity contribution in [2.24, 2.45) is 0 Å². The Hall–Kier alpha value is -0.130. The van der Waals surface area contributed by atoms with Crippen molar-refractivity contribution in [3.63, 3.8) is 0 Å². The molecule has 1 atom stereocenters. The zero-order valence-electron chi connectivity index (χ0n) is 6.87. The minimum atomic E-state index is -3.13. The second kappa shape index (κ2) is 4.69. The maximum atomic E-state index is 11.1. The summed E-state index contributed by atoms with van der Waals surface area (Å²) in [6.07, 6.45) is 0. The van der Waals surface area contributed by atoms with Gasteiger partial charge in [-0.1, -0.05) is 6.92 Å². The Morgan fingerprint density at radius 1 is 1.55 bits per heavy atom. The molecule has 0 fully saturated rings. The Morgan fingerprint density at radius 2 is 2.09 bits per heavy atom. The van der Waals surface area contributed by atoms with Gasteiger partial charge >= 0.3 is 0 Å². The third-order valence-corrected chi connectivity index (χ3v) is 3.40. The lowest BCUT2D eigenvalue weighted by Gasteiger charge is -2.11. The monoisotopic (exact) mass is 181 g/mol. The molecule has 5 heteroatoms. The van der Waals surface area contributed by atoms with E-state index in [1.807, 2.05) is 6.92 Å². The van der Waals surface area contributed by atoms with Gasteiger partial charge in [0, 0.05) is 0 Å². The summed E-state index contributed by atoms with van der Waals surface area (Å²) in [7, 11) is -3.13. The van der Waals surface area contributed by atoms with Crippen molar-refractivity contribution in [3.8, 4) is 0 Å². The lowest BCUT2D eigenvalue weighted by Crippen LogP contribution is -2.36. The van der Waals surface area contributed by atoms with E-state index in [0.717, 1.165) is 0 Å². The molecule has 0 aliphatic rings. The molecule has 0 aromatic rings. The molecule has 0 aliphatic heterocycles. The molecule has 0 aromatic carbocycles. The van der Waals surface area contributed by atoms with E-state index in [2.05, 4.69) is 5.32 Å². The quantitative estimate of drug-likeness (QED) is 0.591. The number of hydrogen-bond acceptors (Lipinski definition) is 4. The van der Waals surface area contributed by atoms with Crippen LogP contribution in [0.3, 0.4) is 0 Å². The van der Waals surface area contributed by atoms with E-state index in [1.54, 1.807) is 6.92 Å². The highest BCUT2D eigenvalue weighted by molar-refractivity contribution is 7.91. The Labute approximate surface area is 67.5 Å². The minimum Gasteiger partial charge on any atom is -0.395 e. The van der Waals surface area contributed by atoms with Gasteiger partial charge in [0.15, 0.2) is 9.84 Å². The van der Waals surface area contributed by atoms with Crippen LogP contribution in [0.2, 0.25) is 0 Å². The average molecular weight is 181 g/mol. The van der Waals surface area contributed by atoms with Gasteiger partial charge in [0.2, 0.25) is 0 Å². The number of rotatable bonds is 5. The summed E-state index contributed by atoms with van der Waals surface area (Å²) in [5, 5.41) is 10.6. The van der Waals surface area contributed by atoms with Gasteiger partial charge in [0.05, 0.1) is 12.4 Å². The third-order valence-electron chi connectivity index (χ3n) is 1.41. The van der Waals surface area contributed by atoms with E-state index in [9.17, 15) is 8.42 Å². The van der Waals surface area contributed by atoms with Gasteiger partial charge in [-0.2, -0.15) is 0 Å². The van der Waals surface area contributed by atoms with Crippen molar-refractivity contribution < 1.29 is 13.5 Å². The van der Waals surface area contributed by atoms with Crippen LogP contribution < -0.4 is 5.32 Å². The Morgan fingerprint density at radius 3 is 2.45 bits per heavy atom. The van der Waals surface area contributed by atoms with Crippen LogP contribution in [-0.4, -0.2) is 37.8 Å². The van der Waals surface area contributed by atoms with Crippen molar-refractivity contribution in [3.05, 3.63) is 0 Å². The predicted octanol–water partition coefficient (Wildman–Crippen LogP) is -0.651. The van der Waals surface area contributed by atoms with Gasteiger partial charge < -0.3 is 10.4 Å². The van der Waals surface area contributed by atoms with Crippen LogP contribution in [-0.2, 0) is 9.84 Å². The summed E-state index contributed by atoms with van der Waals surface area (Å²) >= 11 is 0. The zero-order valence-corrected chi connectivity index (χ0v) is 7.69. The van der Waals surface area contributed by atoms with Crippen molar-refractivity contribution in [1.29, 1.82) is 0 Å². The molecule has 0 heterocycles. The van der Waals surface area contributed by atoms with Crippen LogP contribution in [0.5, 0.6) is 0 Å². The van der Waals surface area contributed by atoms with E-state index in [4.69, 9.17) is 5.11 Å². The highest BCUT2D eigenvalue weighted by Crippen LogP contribution is 1.96. The van der Waals surface area contributed by atoms with Gasteiger partial charge in [-0.05, 0) is 13.5 Å². The minimum absolute atomic E-state index is 0.166. The van der Waals surface area contributed by atoms with E-state index in [-0.39, 0.29) is 12.4 Å². The molecule has 1 unspecified atom stereocenters. The molecular weight excluding hydrogens is 166 g/mol. The largest absolute Gasteiger partial charge is 0.395 e. The first-order valence-corrected chi connectivity index (χ1v) is 5.32. The van der Waals surface area contributed by atoms with Crippen molar-refractivity contribution >= 4 is 9.84 Å². The van der Waals surface area contributed by atoms with Crippen LogP contribution in [0, 0.1) is 0 Å². The average Bonchev–Trinajstić information content (AvgIpc) is 1.88. The summed E-state index contributed by atoms with van der Waals surface area (Å²) in [5.41, 5.74) is 0. The molecule has 0 radical (unpaired) electrons. The summed E-state index contributed by atoms with van der Waals surface area (Å²) < 4.78 is 22.2. The zero-order chi connectivity index (χ0) is 8.91. The van der Waals surface area contributed by atoms with Crippen molar-refractivity contribution in [2.45, 2.75) is 19.2 Å². The summed E-state index contributed by atoms with van der Waals surface area (Å²) in [6, 6.07) is 0. The number of hydrogen-bond donors (Lipinski definition) is 2. The fourth-order valence-corrected chi connectivity index (χ4v) is 1.75. The molecule has 0 spiro atoms. The highest BCUT2D eigenvalue weighted by Gasteiger charge is 2.17. The van der Waals surface area contributed by atoms with Gasteiger partial charge in [0.25, 0.3) is 0 Å².